The molecule has 0 amide bonds. The van der Waals surface area contributed by atoms with Crippen molar-refractivity contribution in [3.05, 3.63) is 71.8 Å². The molecule has 0 saturated carbocycles. The second-order valence-electron chi connectivity index (χ2n) is 5.79. The molecule has 0 aliphatic carbocycles. The zero-order valence-electron chi connectivity index (χ0n) is 13.1. The van der Waals surface area contributed by atoms with Crippen molar-refractivity contribution in [1.82, 2.24) is 10.4 Å². The molecule has 2 aromatic rings. The van der Waals surface area contributed by atoms with E-state index in [2.05, 4.69) is 71.1 Å². The summed E-state index contributed by atoms with van der Waals surface area (Å²) in [6.07, 6.45) is 2.50. The van der Waals surface area contributed by atoms with Crippen molar-refractivity contribution in [1.29, 1.82) is 0 Å². The Morgan fingerprint density at radius 3 is 2.41 bits per heavy atom. The summed E-state index contributed by atoms with van der Waals surface area (Å²) in [4.78, 5) is 0. The molecule has 1 heterocycles. The monoisotopic (exact) mass is 296 g/mol. The van der Waals surface area contributed by atoms with Crippen LogP contribution in [0.5, 0.6) is 0 Å². The minimum atomic E-state index is 0.236. The molecule has 0 unspecified atom stereocenters. The average Bonchev–Trinajstić information content (AvgIpc) is 2.61. The number of hydrogen-bond donors (Lipinski definition) is 1. The zero-order valence-corrected chi connectivity index (χ0v) is 13.1. The van der Waals surface area contributed by atoms with Gasteiger partial charge in [0.05, 0.1) is 12.1 Å². The fourth-order valence-corrected chi connectivity index (χ4v) is 3.22. The van der Waals surface area contributed by atoms with Gasteiger partial charge in [0.15, 0.2) is 0 Å². The van der Waals surface area contributed by atoms with Gasteiger partial charge < -0.3 is 4.74 Å². The molecule has 0 spiro atoms. The lowest BCUT2D eigenvalue weighted by molar-refractivity contribution is -0.0443. The minimum absolute atomic E-state index is 0.236. The second-order valence-corrected chi connectivity index (χ2v) is 5.79. The van der Waals surface area contributed by atoms with Crippen LogP contribution in [-0.4, -0.2) is 24.8 Å². The van der Waals surface area contributed by atoms with Crippen LogP contribution in [0.2, 0.25) is 0 Å². The average molecular weight is 296 g/mol. The highest BCUT2D eigenvalue weighted by Gasteiger charge is 2.32. The van der Waals surface area contributed by atoms with E-state index < -0.39 is 0 Å². The molecule has 3 rings (SSSR count). The van der Waals surface area contributed by atoms with E-state index in [0.717, 1.165) is 25.9 Å². The first-order valence-corrected chi connectivity index (χ1v) is 8.00. The number of nitrogens with zero attached hydrogens (tertiary/aromatic N) is 1. The summed E-state index contributed by atoms with van der Waals surface area (Å²) in [6, 6.07) is 21.5. The van der Waals surface area contributed by atoms with Crippen molar-refractivity contribution in [3.63, 3.8) is 0 Å². The second kappa shape index (κ2) is 7.54. The topological polar surface area (TPSA) is 24.5 Å². The van der Waals surface area contributed by atoms with Crippen molar-refractivity contribution >= 4 is 0 Å². The van der Waals surface area contributed by atoms with Gasteiger partial charge in [-0.15, -0.1) is 0 Å². The largest absolute Gasteiger partial charge is 0.379 e. The lowest BCUT2D eigenvalue weighted by Gasteiger charge is -2.41. The molecule has 1 fully saturated rings. The number of piperidine rings is 1. The van der Waals surface area contributed by atoms with Crippen LogP contribution in [0.15, 0.2) is 60.7 Å². The third-order valence-corrected chi connectivity index (χ3v) is 4.35. The number of nitrogens with one attached hydrogen (secondary N) is 1. The Labute approximate surface area is 132 Å². The fraction of sp³-hybridized carbons (Fsp3) is 0.368. The molecule has 116 valence electrons. The van der Waals surface area contributed by atoms with E-state index in [0.29, 0.717) is 0 Å². The van der Waals surface area contributed by atoms with Gasteiger partial charge in [0.1, 0.15) is 0 Å². The van der Waals surface area contributed by atoms with Crippen LogP contribution < -0.4 is 5.43 Å². The van der Waals surface area contributed by atoms with Crippen LogP contribution in [0.1, 0.15) is 30.0 Å². The van der Waals surface area contributed by atoms with E-state index in [1.54, 1.807) is 0 Å². The Balaban J connectivity index is 1.75. The van der Waals surface area contributed by atoms with Crippen LogP contribution in [0.4, 0.5) is 0 Å². The standard InChI is InChI=1S/C19H24N2O/c1-22-18-13-8-14-21(19(18)17-11-6-3-7-12-17)20-15-16-9-4-2-5-10-16/h2-7,9-12,18-20H,8,13-15H2,1H3/t18-,19-/m0/s1. The number of hydrazine groups is 1. The molecular weight excluding hydrogens is 272 g/mol. The molecule has 22 heavy (non-hydrogen) atoms. The van der Waals surface area contributed by atoms with Crippen molar-refractivity contribution in [2.24, 2.45) is 0 Å². The summed E-state index contributed by atoms with van der Waals surface area (Å²) < 4.78 is 5.76. The maximum absolute atomic E-state index is 5.76. The quantitative estimate of drug-likeness (QED) is 0.913. The van der Waals surface area contributed by atoms with Crippen molar-refractivity contribution in [2.45, 2.75) is 31.5 Å². The molecular formula is C19H24N2O. The summed E-state index contributed by atoms with van der Waals surface area (Å²) in [5.41, 5.74) is 6.22. The predicted molar refractivity (Wildman–Crippen MR) is 89.2 cm³/mol. The number of hydrogen-bond acceptors (Lipinski definition) is 3. The summed E-state index contributed by atoms with van der Waals surface area (Å²) in [6.45, 7) is 1.90. The van der Waals surface area contributed by atoms with Gasteiger partial charge in [-0.25, -0.2) is 5.01 Å². The summed E-state index contributed by atoms with van der Waals surface area (Å²) in [5, 5.41) is 2.35. The van der Waals surface area contributed by atoms with Crippen LogP contribution >= 0.6 is 0 Å². The molecule has 3 heteroatoms. The van der Waals surface area contributed by atoms with Crippen molar-refractivity contribution in [3.8, 4) is 0 Å². The molecule has 1 aliphatic rings. The Morgan fingerprint density at radius 1 is 1.05 bits per heavy atom. The molecule has 3 nitrogen and oxygen atoms in total. The first-order chi connectivity index (χ1) is 10.9. The fourth-order valence-electron chi connectivity index (χ4n) is 3.22. The molecule has 0 aromatic heterocycles. The highest BCUT2D eigenvalue weighted by Crippen LogP contribution is 2.31. The number of benzene rings is 2. The summed E-state index contributed by atoms with van der Waals surface area (Å²) in [5.74, 6) is 0. The van der Waals surface area contributed by atoms with Gasteiger partial charge in [-0.2, -0.15) is 0 Å². The van der Waals surface area contributed by atoms with E-state index >= 15 is 0 Å². The zero-order chi connectivity index (χ0) is 15.2. The van der Waals surface area contributed by atoms with Crippen LogP contribution in [0.25, 0.3) is 0 Å². The van der Waals surface area contributed by atoms with Crippen molar-refractivity contribution < 1.29 is 4.74 Å². The maximum atomic E-state index is 5.76. The summed E-state index contributed by atoms with van der Waals surface area (Å²) in [7, 11) is 1.82. The van der Waals surface area contributed by atoms with Gasteiger partial charge in [0, 0.05) is 20.2 Å². The molecule has 2 aromatic carbocycles. The van der Waals surface area contributed by atoms with Gasteiger partial charge in [0.2, 0.25) is 0 Å². The van der Waals surface area contributed by atoms with E-state index in [9.17, 15) is 0 Å². The molecule has 1 N–H and O–H groups in total. The third-order valence-electron chi connectivity index (χ3n) is 4.35. The van der Waals surface area contributed by atoms with Crippen molar-refractivity contribution in [2.75, 3.05) is 13.7 Å². The number of methoxy groups -OCH3 is 1. The van der Waals surface area contributed by atoms with Crippen LogP contribution in [0.3, 0.4) is 0 Å². The van der Waals surface area contributed by atoms with E-state index in [-0.39, 0.29) is 12.1 Å². The number of ether oxygens (including phenoxy) is 1. The summed E-state index contributed by atoms with van der Waals surface area (Å²) >= 11 is 0. The molecule has 2 atom stereocenters. The van der Waals surface area contributed by atoms with Gasteiger partial charge in [-0.1, -0.05) is 60.7 Å². The minimum Gasteiger partial charge on any atom is -0.379 e. The Hall–Kier alpha value is -1.68. The van der Waals surface area contributed by atoms with E-state index in [1.165, 1.54) is 11.1 Å². The lowest BCUT2D eigenvalue weighted by Crippen LogP contribution is -2.49. The third kappa shape index (κ3) is 3.55. The molecule has 0 bridgehead atoms. The first-order valence-electron chi connectivity index (χ1n) is 8.00. The number of rotatable bonds is 5. The van der Waals surface area contributed by atoms with Crippen LogP contribution in [0, 0.1) is 0 Å². The van der Waals surface area contributed by atoms with Gasteiger partial charge >= 0.3 is 0 Å². The maximum Gasteiger partial charge on any atom is 0.0782 e. The highest BCUT2D eigenvalue weighted by molar-refractivity contribution is 5.21. The van der Waals surface area contributed by atoms with Gasteiger partial charge in [-0.3, -0.25) is 5.43 Å². The normalized spacial score (nSPS) is 22.6. The molecule has 1 saturated heterocycles. The Bertz CT molecular complexity index is 558. The smallest absolute Gasteiger partial charge is 0.0782 e. The van der Waals surface area contributed by atoms with Crippen LogP contribution in [-0.2, 0) is 11.3 Å². The Morgan fingerprint density at radius 2 is 1.73 bits per heavy atom. The molecule has 1 aliphatic heterocycles. The van der Waals surface area contributed by atoms with E-state index in [1.807, 2.05) is 7.11 Å². The SMILES string of the molecule is CO[C@H]1CCCN(NCc2ccccc2)[C@H]1c1ccccc1. The van der Waals surface area contributed by atoms with E-state index in [4.69, 9.17) is 4.74 Å². The predicted octanol–water partition coefficient (Wildman–Crippen LogP) is 3.54. The molecule has 0 radical (unpaired) electrons. The van der Waals surface area contributed by atoms with Gasteiger partial charge in [-0.05, 0) is 24.0 Å². The first kappa shape index (κ1) is 15.2. The lowest BCUT2D eigenvalue weighted by atomic mass is 9.93. The Kier molecular flexibility index (Phi) is 5.22. The van der Waals surface area contributed by atoms with Gasteiger partial charge in [0.25, 0.3) is 0 Å². The highest BCUT2D eigenvalue weighted by atomic mass is 16.5.